The van der Waals surface area contributed by atoms with Crippen molar-refractivity contribution in [3.8, 4) is 0 Å². The van der Waals surface area contributed by atoms with E-state index in [4.69, 9.17) is 89.5 Å². The maximum atomic E-state index is 12.8. The summed E-state index contributed by atoms with van der Waals surface area (Å²) in [6.07, 6.45) is -23.7. The second-order valence-corrected chi connectivity index (χ2v) is 13.8. The van der Waals surface area contributed by atoms with E-state index in [-0.39, 0.29) is 5.88 Å². The Hall–Kier alpha value is -3.90. The van der Waals surface area contributed by atoms with Crippen molar-refractivity contribution in [3.05, 3.63) is 0 Å². The first-order valence-electron chi connectivity index (χ1n) is 18.0. The number of methoxy groups -OCH3 is 1. The van der Waals surface area contributed by atoms with E-state index in [2.05, 4.69) is 0 Å². The molecule has 22 nitrogen and oxygen atoms in total. The van der Waals surface area contributed by atoms with Crippen LogP contribution in [0.4, 0.5) is 0 Å². The molecular formula is C35H48Cl2O22. The molecule has 0 amide bonds. The molecular weight excluding hydrogens is 843 g/mol. The highest BCUT2D eigenvalue weighted by molar-refractivity contribution is 6.18. The minimum atomic E-state index is -1.85. The molecule has 0 aliphatic carbocycles. The van der Waals surface area contributed by atoms with Crippen molar-refractivity contribution in [3.63, 3.8) is 0 Å². The van der Waals surface area contributed by atoms with Gasteiger partial charge >= 0.3 is 47.8 Å². The number of ether oxygens (including phenoxy) is 14. The van der Waals surface area contributed by atoms with Gasteiger partial charge in [-0.1, -0.05) is 0 Å². The van der Waals surface area contributed by atoms with Crippen molar-refractivity contribution in [1.82, 2.24) is 0 Å². The third-order valence-electron chi connectivity index (χ3n) is 8.46. The van der Waals surface area contributed by atoms with Crippen LogP contribution in [-0.4, -0.2) is 165 Å². The maximum Gasteiger partial charge on any atom is 0.303 e. The number of rotatable bonds is 16. The topological polar surface area (TPSA) is 266 Å². The second-order valence-electron chi connectivity index (χ2n) is 13.2. The van der Waals surface area contributed by atoms with Crippen molar-refractivity contribution in [2.75, 3.05) is 25.5 Å². The van der Waals surface area contributed by atoms with Crippen LogP contribution in [0.5, 0.6) is 0 Å². The monoisotopic (exact) mass is 890 g/mol. The van der Waals surface area contributed by atoms with Crippen LogP contribution in [-0.2, 0) is 105 Å². The summed E-state index contributed by atoms with van der Waals surface area (Å²) in [5.74, 6) is -7.91. The van der Waals surface area contributed by atoms with Gasteiger partial charge < -0.3 is 66.3 Å². The van der Waals surface area contributed by atoms with Crippen molar-refractivity contribution in [1.29, 1.82) is 0 Å². The highest BCUT2D eigenvalue weighted by Gasteiger charge is 2.59. The van der Waals surface area contributed by atoms with Crippen molar-refractivity contribution in [2.45, 2.75) is 148 Å². The molecule has 3 aliphatic rings. The third-order valence-corrected chi connectivity index (χ3v) is 9.07. The Bertz CT molecular complexity index is 1530. The molecule has 59 heavy (non-hydrogen) atoms. The van der Waals surface area contributed by atoms with Gasteiger partial charge in [-0.2, -0.15) is 0 Å². The Morgan fingerprint density at radius 3 is 1.03 bits per heavy atom. The van der Waals surface area contributed by atoms with Crippen LogP contribution in [0.3, 0.4) is 0 Å². The SMILES string of the molecule is CO[C@@H]1O[C@H](CCl)[C@@H](O[C@H]2O[C@H](COC(C)=O)[C@@H](O[C@H]3O[C@H](CCl)[C@@H](OC(C)=O)[C@H](OC(C)=O)[C@H]3OC(C)=O)[C@H](OC(C)=O)[C@H]2OC(C)=O)[C@H](OC(C)=O)[C@H]1OC(C)=O. The van der Waals surface area contributed by atoms with Crippen LogP contribution in [0.25, 0.3) is 0 Å². The molecule has 0 aromatic carbocycles. The first-order chi connectivity index (χ1) is 27.7. The average molecular weight is 892 g/mol. The summed E-state index contributed by atoms with van der Waals surface area (Å²) in [4.78, 5) is 99.2. The maximum absolute atomic E-state index is 12.8. The predicted molar refractivity (Wildman–Crippen MR) is 190 cm³/mol. The second kappa shape index (κ2) is 22.6. The molecule has 3 rings (SSSR count). The lowest BCUT2D eigenvalue weighted by Crippen LogP contribution is -2.68. The highest BCUT2D eigenvalue weighted by Crippen LogP contribution is 2.38. The number of halogens is 2. The summed E-state index contributed by atoms with van der Waals surface area (Å²) in [5.41, 5.74) is 0. The van der Waals surface area contributed by atoms with Crippen LogP contribution in [0.15, 0.2) is 0 Å². The van der Waals surface area contributed by atoms with E-state index in [0.29, 0.717) is 0 Å². The first kappa shape index (κ1) is 49.5. The summed E-state index contributed by atoms with van der Waals surface area (Å²) >= 11 is 12.5. The molecule has 3 heterocycles. The normalized spacial score (nSPS) is 34.3. The van der Waals surface area contributed by atoms with Crippen molar-refractivity contribution in [2.24, 2.45) is 0 Å². The summed E-state index contributed by atoms with van der Waals surface area (Å²) in [7, 11) is 1.23. The zero-order valence-corrected chi connectivity index (χ0v) is 35.0. The van der Waals surface area contributed by atoms with Crippen molar-refractivity contribution < 1.29 is 105 Å². The van der Waals surface area contributed by atoms with E-state index in [1.54, 1.807) is 0 Å². The predicted octanol–water partition coefficient (Wildman–Crippen LogP) is 0.141. The summed E-state index contributed by atoms with van der Waals surface area (Å²) in [6, 6.07) is 0. The van der Waals surface area contributed by atoms with Gasteiger partial charge in [-0.05, 0) is 0 Å². The summed E-state index contributed by atoms with van der Waals surface area (Å²) in [6.45, 7) is 7.62. The molecule has 3 aliphatic heterocycles. The largest absolute Gasteiger partial charge is 0.463 e. The van der Waals surface area contributed by atoms with Gasteiger partial charge in [0.15, 0.2) is 61.6 Å². The molecule has 0 saturated carbocycles. The van der Waals surface area contributed by atoms with Gasteiger partial charge in [-0.3, -0.25) is 38.4 Å². The molecule has 15 atom stereocenters. The van der Waals surface area contributed by atoms with Gasteiger partial charge in [0.05, 0.1) is 11.8 Å². The Labute approximate surface area is 348 Å². The standard InChI is InChI=1S/C35H48Cl2O22/c1-13(38)47-12-23-26(59-34-31(53-19(7)44)27(49-15(3)40)24(48-14(2)39)21(10-36)56-34)29(51-17(5)42)32(54-20(8)45)35(57-23)58-25-22(11-37)55-33(46-9)30(52-18(6)43)28(25)50-16(4)41/h21-35H,10-12H2,1-9H3/t21-,22-,23-,24-,25-,26-,27+,28+,29+,30-,31-,32-,33-,34-,35-/m1/s1. The zero-order chi connectivity index (χ0) is 44.3. The highest BCUT2D eigenvalue weighted by atomic mass is 35.5. The lowest BCUT2D eigenvalue weighted by molar-refractivity contribution is -0.376. The summed E-state index contributed by atoms with van der Waals surface area (Å²) < 4.78 is 80.1. The van der Waals surface area contributed by atoms with Gasteiger partial charge in [0.25, 0.3) is 0 Å². The number of hydrogen-bond acceptors (Lipinski definition) is 22. The number of alkyl halides is 2. The molecule has 0 bridgehead atoms. The van der Waals surface area contributed by atoms with Crippen LogP contribution >= 0.6 is 23.2 Å². The minimum absolute atomic E-state index is 0.355. The lowest BCUT2D eigenvalue weighted by atomic mass is 9.95. The molecule has 3 fully saturated rings. The van der Waals surface area contributed by atoms with E-state index in [9.17, 15) is 38.4 Å². The molecule has 0 unspecified atom stereocenters. The number of carbonyl (C=O) groups excluding carboxylic acids is 8. The Balaban J connectivity index is 2.22. The van der Waals surface area contributed by atoms with Crippen LogP contribution in [0, 0.1) is 0 Å². The van der Waals surface area contributed by atoms with Crippen LogP contribution < -0.4 is 0 Å². The van der Waals surface area contributed by atoms with E-state index in [0.717, 1.165) is 55.4 Å². The smallest absolute Gasteiger partial charge is 0.303 e. The zero-order valence-electron chi connectivity index (χ0n) is 33.5. The molecule has 0 spiro atoms. The fourth-order valence-electron chi connectivity index (χ4n) is 6.53. The van der Waals surface area contributed by atoms with E-state index in [1.807, 2.05) is 0 Å². The average Bonchev–Trinajstić information content (AvgIpc) is 3.11. The molecule has 334 valence electrons. The minimum Gasteiger partial charge on any atom is -0.463 e. The Kier molecular flexibility index (Phi) is 19.0. The van der Waals surface area contributed by atoms with Crippen LogP contribution in [0.2, 0.25) is 0 Å². The first-order valence-corrected chi connectivity index (χ1v) is 19.0. The van der Waals surface area contributed by atoms with Crippen molar-refractivity contribution >= 4 is 71.0 Å². The van der Waals surface area contributed by atoms with Gasteiger partial charge in [-0.15, -0.1) is 23.2 Å². The number of hydrogen-bond donors (Lipinski definition) is 0. The molecule has 24 heteroatoms. The van der Waals surface area contributed by atoms with Gasteiger partial charge in [0.1, 0.15) is 37.1 Å². The number of esters is 8. The van der Waals surface area contributed by atoms with E-state index in [1.165, 1.54) is 7.11 Å². The van der Waals surface area contributed by atoms with Crippen LogP contribution in [0.1, 0.15) is 55.4 Å². The lowest BCUT2D eigenvalue weighted by Gasteiger charge is -2.50. The molecule has 3 saturated heterocycles. The number of carbonyl (C=O) groups is 8. The fraction of sp³-hybridized carbons (Fsp3) is 0.771. The quantitative estimate of drug-likeness (QED) is 0.113. The van der Waals surface area contributed by atoms with E-state index < -0.39 is 152 Å². The van der Waals surface area contributed by atoms with Gasteiger partial charge in [0, 0.05) is 62.5 Å². The fourth-order valence-corrected chi connectivity index (χ4v) is 7.02. The Morgan fingerprint density at radius 1 is 0.390 bits per heavy atom. The third kappa shape index (κ3) is 13.8. The summed E-state index contributed by atoms with van der Waals surface area (Å²) in [5, 5.41) is 0. The molecule has 0 N–H and O–H groups in total. The van der Waals surface area contributed by atoms with Gasteiger partial charge in [0.2, 0.25) is 0 Å². The molecule has 0 aromatic heterocycles. The Morgan fingerprint density at radius 2 is 0.678 bits per heavy atom. The van der Waals surface area contributed by atoms with E-state index >= 15 is 0 Å². The molecule has 0 radical (unpaired) electrons. The molecule has 0 aromatic rings. The van der Waals surface area contributed by atoms with Gasteiger partial charge in [-0.25, -0.2) is 0 Å².